The van der Waals surface area contributed by atoms with E-state index >= 15 is 0 Å². The first-order valence-electron chi connectivity index (χ1n) is 5.38. The molecule has 0 radical (unpaired) electrons. The van der Waals surface area contributed by atoms with Gasteiger partial charge in [-0.3, -0.25) is 4.90 Å². The average molecular weight is 200 g/mol. The molecule has 1 atom stereocenters. The summed E-state index contributed by atoms with van der Waals surface area (Å²) in [6, 6.07) is 0. The largest absolute Gasteiger partial charge is 0.364 e. The first-order chi connectivity index (χ1) is 6.32. The SMILES string of the molecule is CCN1CC(C)(C)NC(C)(C)C1OC. The molecule has 0 spiro atoms. The molecule has 1 aliphatic heterocycles. The predicted molar refractivity (Wildman–Crippen MR) is 59.3 cm³/mol. The normalized spacial score (nSPS) is 31.7. The molecule has 1 fully saturated rings. The van der Waals surface area contributed by atoms with Crippen molar-refractivity contribution in [2.45, 2.75) is 51.9 Å². The Hall–Kier alpha value is -0.120. The molecule has 0 saturated carbocycles. The highest BCUT2D eigenvalue weighted by atomic mass is 16.5. The Kier molecular flexibility index (Phi) is 3.24. The van der Waals surface area contributed by atoms with Crippen LogP contribution < -0.4 is 5.32 Å². The Morgan fingerprint density at radius 3 is 2.36 bits per heavy atom. The van der Waals surface area contributed by atoms with Crippen LogP contribution in [-0.4, -0.2) is 42.4 Å². The third-order valence-electron chi connectivity index (χ3n) is 2.84. The van der Waals surface area contributed by atoms with E-state index in [0.717, 1.165) is 13.1 Å². The van der Waals surface area contributed by atoms with Crippen molar-refractivity contribution in [3.63, 3.8) is 0 Å². The number of rotatable bonds is 2. The van der Waals surface area contributed by atoms with Gasteiger partial charge < -0.3 is 10.1 Å². The van der Waals surface area contributed by atoms with Crippen molar-refractivity contribution in [1.82, 2.24) is 10.2 Å². The van der Waals surface area contributed by atoms with Crippen LogP contribution in [0.2, 0.25) is 0 Å². The second-order valence-electron chi connectivity index (χ2n) is 5.38. The maximum atomic E-state index is 5.57. The Balaban J connectivity index is 2.86. The maximum absolute atomic E-state index is 5.57. The van der Waals surface area contributed by atoms with E-state index in [1.165, 1.54) is 0 Å². The molecule has 1 heterocycles. The van der Waals surface area contributed by atoms with Crippen LogP contribution in [-0.2, 0) is 4.74 Å². The van der Waals surface area contributed by atoms with Gasteiger partial charge in [-0.1, -0.05) is 6.92 Å². The van der Waals surface area contributed by atoms with Gasteiger partial charge in [-0.2, -0.15) is 0 Å². The first-order valence-corrected chi connectivity index (χ1v) is 5.38. The summed E-state index contributed by atoms with van der Waals surface area (Å²) in [4.78, 5) is 2.39. The van der Waals surface area contributed by atoms with Crippen LogP contribution in [0.1, 0.15) is 34.6 Å². The Bertz CT molecular complexity index is 201. The van der Waals surface area contributed by atoms with E-state index in [4.69, 9.17) is 4.74 Å². The van der Waals surface area contributed by atoms with Crippen molar-refractivity contribution in [3.8, 4) is 0 Å². The topological polar surface area (TPSA) is 24.5 Å². The quantitative estimate of drug-likeness (QED) is 0.730. The van der Waals surface area contributed by atoms with Crippen molar-refractivity contribution in [1.29, 1.82) is 0 Å². The zero-order valence-corrected chi connectivity index (χ0v) is 10.3. The van der Waals surface area contributed by atoms with Crippen LogP contribution in [0.25, 0.3) is 0 Å². The highest BCUT2D eigenvalue weighted by Crippen LogP contribution is 2.26. The van der Waals surface area contributed by atoms with Gasteiger partial charge in [0.2, 0.25) is 0 Å². The molecule has 3 heteroatoms. The highest BCUT2D eigenvalue weighted by Gasteiger charge is 2.43. The van der Waals surface area contributed by atoms with Gasteiger partial charge in [-0.15, -0.1) is 0 Å². The molecular formula is C11H24N2O. The van der Waals surface area contributed by atoms with Crippen molar-refractivity contribution >= 4 is 0 Å². The Morgan fingerprint density at radius 2 is 1.93 bits per heavy atom. The molecule has 0 bridgehead atoms. The molecule has 0 aliphatic carbocycles. The van der Waals surface area contributed by atoms with Crippen LogP contribution in [0.15, 0.2) is 0 Å². The summed E-state index contributed by atoms with van der Waals surface area (Å²) in [7, 11) is 1.79. The number of ether oxygens (including phenoxy) is 1. The lowest BCUT2D eigenvalue weighted by molar-refractivity contribution is -0.124. The minimum absolute atomic E-state index is 0.00646. The standard InChI is InChI=1S/C11H24N2O/c1-7-13-8-10(2,3)12-11(4,5)9(13)14-6/h9,12H,7-8H2,1-6H3. The minimum atomic E-state index is 0.00646. The third kappa shape index (κ3) is 2.27. The van der Waals surface area contributed by atoms with Gasteiger partial charge >= 0.3 is 0 Å². The number of hydrogen-bond donors (Lipinski definition) is 1. The summed E-state index contributed by atoms with van der Waals surface area (Å²) < 4.78 is 5.57. The minimum Gasteiger partial charge on any atom is -0.364 e. The fraction of sp³-hybridized carbons (Fsp3) is 1.00. The summed E-state index contributed by atoms with van der Waals surface area (Å²) in [6.07, 6.45) is 0.167. The monoisotopic (exact) mass is 200 g/mol. The van der Waals surface area contributed by atoms with Gasteiger partial charge in [0, 0.05) is 19.2 Å². The molecule has 1 N–H and O–H groups in total. The van der Waals surface area contributed by atoms with Gasteiger partial charge in [0.25, 0.3) is 0 Å². The van der Waals surface area contributed by atoms with Crippen molar-refractivity contribution in [2.75, 3.05) is 20.2 Å². The van der Waals surface area contributed by atoms with Crippen LogP contribution in [0.3, 0.4) is 0 Å². The van der Waals surface area contributed by atoms with Gasteiger partial charge in [0.15, 0.2) is 0 Å². The maximum Gasteiger partial charge on any atom is 0.128 e. The lowest BCUT2D eigenvalue weighted by Gasteiger charge is -2.52. The number of methoxy groups -OCH3 is 1. The second kappa shape index (κ2) is 3.80. The summed E-state index contributed by atoms with van der Waals surface area (Å²) in [6.45, 7) is 13.1. The summed E-state index contributed by atoms with van der Waals surface area (Å²) in [5.41, 5.74) is 0.168. The molecule has 0 amide bonds. The van der Waals surface area contributed by atoms with E-state index < -0.39 is 0 Å². The first kappa shape index (κ1) is 12.0. The number of nitrogens with one attached hydrogen (secondary N) is 1. The van der Waals surface area contributed by atoms with E-state index in [0.29, 0.717) is 0 Å². The van der Waals surface area contributed by atoms with Crippen molar-refractivity contribution in [3.05, 3.63) is 0 Å². The van der Waals surface area contributed by atoms with Crippen molar-refractivity contribution < 1.29 is 4.74 Å². The number of likely N-dealkylation sites (N-methyl/N-ethyl adjacent to an activating group) is 1. The van der Waals surface area contributed by atoms with Crippen LogP contribution in [0, 0.1) is 0 Å². The summed E-state index contributed by atoms with van der Waals surface area (Å²) in [5.74, 6) is 0. The average Bonchev–Trinajstić information content (AvgIpc) is 1.99. The number of hydrogen-bond acceptors (Lipinski definition) is 3. The van der Waals surface area contributed by atoms with Gasteiger partial charge in [-0.25, -0.2) is 0 Å². The molecule has 1 rings (SSSR count). The fourth-order valence-corrected chi connectivity index (χ4v) is 2.74. The van der Waals surface area contributed by atoms with E-state index in [2.05, 4.69) is 44.8 Å². The van der Waals surface area contributed by atoms with E-state index in [1.807, 2.05) is 0 Å². The third-order valence-corrected chi connectivity index (χ3v) is 2.84. The van der Waals surface area contributed by atoms with Gasteiger partial charge in [0.1, 0.15) is 6.23 Å². The van der Waals surface area contributed by atoms with Crippen LogP contribution in [0.5, 0.6) is 0 Å². The lowest BCUT2D eigenvalue weighted by Crippen LogP contribution is -2.71. The van der Waals surface area contributed by atoms with Crippen LogP contribution in [0.4, 0.5) is 0 Å². The highest BCUT2D eigenvalue weighted by molar-refractivity contribution is 5.00. The van der Waals surface area contributed by atoms with Crippen molar-refractivity contribution in [2.24, 2.45) is 0 Å². The summed E-state index contributed by atoms with van der Waals surface area (Å²) in [5, 5.41) is 3.63. The summed E-state index contributed by atoms with van der Waals surface area (Å²) >= 11 is 0. The lowest BCUT2D eigenvalue weighted by atomic mass is 9.89. The smallest absolute Gasteiger partial charge is 0.128 e. The molecule has 1 aliphatic rings. The Morgan fingerprint density at radius 1 is 1.36 bits per heavy atom. The number of nitrogens with zero attached hydrogens (tertiary/aromatic N) is 1. The molecule has 0 aromatic heterocycles. The van der Waals surface area contributed by atoms with Gasteiger partial charge in [0.05, 0.1) is 5.54 Å². The zero-order chi connectivity index (χ0) is 11.0. The zero-order valence-electron chi connectivity index (χ0n) is 10.3. The van der Waals surface area contributed by atoms with E-state index in [9.17, 15) is 0 Å². The molecule has 3 nitrogen and oxygen atoms in total. The van der Waals surface area contributed by atoms with Gasteiger partial charge in [-0.05, 0) is 34.2 Å². The molecule has 0 aromatic carbocycles. The number of piperazine rings is 1. The van der Waals surface area contributed by atoms with E-state index in [1.54, 1.807) is 7.11 Å². The van der Waals surface area contributed by atoms with Crippen LogP contribution >= 0.6 is 0 Å². The van der Waals surface area contributed by atoms with E-state index in [-0.39, 0.29) is 17.3 Å². The molecule has 84 valence electrons. The second-order valence-corrected chi connectivity index (χ2v) is 5.38. The molecule has 1 unspecified atom stereocenters. The molecular weight excluding hydrogens is 176 g/mol. The predicted octanol–water partition coefficient (Wildman–Crippen LogP) is 1.44. The fourth-order valence-electron chi connectivity index (χ4n) is 2.74. The molecule has 0 aromatic rings. The molecule has 14 heavy (non-hydrogen) atoms. The molecule has 1 saturated heterocycles. The Labute approximate surface area is 87.8 Å².